The van der Waals surface area contributed by atoms with Gasteiger partial charge in [0, 0.05) is 46.4 Å². The third kappa shape index (κ3) is 5.23. The number of aryl methyl sites for hydroxylation is 1. The molecule has 1 unspecified atom stereocenters. The Morgan fingerprint density at radius 2 is 1.96 bits per heavy atom. The summed E-state index contributed by atoms with van der Waals surface area (Å²) >= 11 is 0. The monoisotopic (exact) mass is 393 g/mol. The predicted octanol–water partition coefficient (Wildman–Crippen LogP) is 2.75. The van der Waals surface area contributed by atoms with Crippen LogP contribution in [0.4, 0.5) is 4.79 Å². The van der Waals surface area contributed by atoms with E-state index in [0.717, 1.165) is 32.7 Å². The maximum Gasteiger partial charge on any atom is 0.317 e. The normalized spacial score (nSPS) is 21.5. The van der Waals surface area contributed by atoms with E-state index in [0.29, 0.717) is 24.8 Å². The van der Waals surface area contributed by atoms with Gasteiger partial charge in [0.25, 0.3) is 0 Å². The molecule has 0 aromatic carbocycles. The number of piperazine rings is 1. The largest absolute Gasteiger partial charge is 0.385 e. The lowest BCUT2D eigenvalue weighted by atomic mass is 9.72. The Morgan fingerprint density at radius 3 is 2.57 bits per heavy atom. The highest BCUT2D eigenvalue weighted by Crippen LogP contribution is 2.38. The number of nitrogens with zero attached hydrogens (tertiary/aromatic N) is 4. The van der Waals surface area contributed by atoms with Crippen LogP contribution in [0.25, 0.3) is 0 Å². The Labute approximate surface area is 168 Å². The third-order valence-electron chi connectivity index (χ3n) is 6.42. The molecule has 1 aliphatic heterocycles. The smallest absolute Gasteiger partial charge is 0.317 e. The fourth-order valence-electron chi connectivity index (χ4n) is 4.46. The molecule has 0 spiro atoms. The van der Waals surface area contributed by atoms with Gasteiger partial charge in [-0.05, 0) is 38.5 Å². The van der Waals surface area contributed by atoms with Gasteiger partial charge in [-0.3, -0.25) is 4.90 Å². The number of carbonyl (C=O) groups is 1. The minimum atomic E-state index is 0.0586. The van der Waals surface area contributed by atoms with Crippen LogP contribution in [0.5, 0.6) is 0 Å². The van der Waals surface area contributed by atoms with Gasteiger partial charge < -0.3 is 19.5 Å². The van der Waals surface area contributed by atoms with Gasteiger partial charge in [-0.2, -0.15) is 4.98 Å². The summed E-state index contributed by atoms with van der Waals surface area (Å²) in [6.45, 7) is 8.48. The number of amides is 2. The molecule has 2 fully saturated rings. The topological polar surface area (TPSA) is 83.7 Å². The zero-order valence-electron chi connectivity index (χ0n) is 17.6. The van der Waals surface area contributed by atoms with Crippen molar-refractivity contribution < 1.29 is 14.1 Å². The van der Waals surface area contributed by atoms with Gasteiger partial charge in [0.1, 0.15) is 0 Å². The first-order valence-electron chi connectivity index (χ1n) is 10.6. The van der Waals surface area contributed by atoms with Crippen molar-refractivity contribution in [1.82, 2.24) is 25.3 Å². The summed E-state index contributed by atoms with van der Waals surface area (Å²) in [6, 6.07) is 0.134. The fourth-order valence-corrected chi connectivity index (χ4v) is 4.46. The second-order valence-electron chi connectivity index (χ2n) is 8.34. The van der Waals surface area contributed by atoms with Crippen molar-refractivity contribution in [2.45, 2.75) is 58.4 Å². The Hall–Kier alpha value is -1.67. The number of aromatic nitrogens is 2. The van der Waals surface area contributed by atoms with Gasteiger partial charge in [-0.1, -0.05) is 24.4 Å². The molecule has 1 saturated carbocycles. The molecule has 2 aliphatic rings. The van der Waals surface area contributed by atoms with Crippen LogP contribution in [-0.4, -0.2) is 72.4 Å². The quantitative estimate of drug-likeness (QED) is 0.767. The van der Waals surface area contributed by atoms with Crippen molar-refractivity contribution in [3.63, 3.8) is 0 Å². The van der Waals surface area contributed by atoms with Gasteiger partial charge in [0.05, 0.1) is 6.04 Å². The van der Waals surface area contributed by atoms with Crippen molar-refractivity contribution in [2.24, 2.45) is 5.41 Å². The van der Waals surface area contributed by atoms with E-state index in [1.807, 2.05) is 11.8 Å². The lowest BCUT2D eigenvalue weighted by Gasteiger charge is -2.40. The van der Waals surface area contributed by atoms with Crippen molar-refractivity contribution in [3.05, 3.63) is 11.7 Å². The molecular formula is C20H35N5O3. The highest BCUT2D eigenvalue weighted by atomic mass is 16.5. The second-order valence-corrected chi connectivity index (χ2v) is 8.34. The summed E-state index contributed by atoms with van der Waals surface area (Å²) in [5.74, 6) is 1.30. The summed E-state index contributed by atoms with van der Waals surface area (Å²) in [5, 5.41) is 7.10. The molecule has 1 saturated heterocycles. The van der Waals surface area contributed by atoms with E-state index < -0.39 is 0 Å². The van der Waals surface area contributed by atoms with Crippen LogP contribution in [0.2, 0.25) is 0 Å². The van der Waals surface area contributed by atoms with Gasteiger partial charge >= 0.3 is 6.03 Å². The molecule has 2 amide bonds. The number of hydrogen-bond donors (Lipinski definition) is 1. The highest BCUT2D eigenvalue weighted by Gasteiger charge is 2.33. The Bertz CT molecular complexity index is 621. The molecule has 1 atom stereocenters. The first kappa shape index (κ1) is 21.0. The fraction of sp³-hybridized carbons (Fsp3) is 0.850. The van der Waals surface area contributed by atoms with Crippen molar-refractivity contribution in [3.8, 4) is 0 Å². The van der Waals surface area contributed by atoms with Crippen LogP contribution in [-0.2, 0) is 4.74 Å². The summed E-state index contributed by atoms with van der Waals surface area (Å²) in [5.41, 5.74) is 0.204. The Balaban J connectivity index is 1.46. The lowest BCUT2D eigenvalue weighted by Crippen LogP contribution is -2.53. The lowest BCUT2D eigenvalue weighted by molar-refractivity contribution is 0.0878. The van der Waals surface area contributed by atoms with Crippen LogP contribution in [0.15, 0.2) is 4.52 Å². The van der Waals surface area contributed by atoms with Crippen molar-refractivity contribution in [1.29, 1.82) is 0 Å². The molecule has 1 aliphatic carbocycles. The number of rotatable bonds is 7. The second kappa shape index (κ2) is 9.69. The first-order chi connectivity index (χ1) is 13.5. The molecule has 0 bridgehead atoms. The number of nitrogens with one attached hydrogen (secondary N) is 1. The standard InChI is InChI=1S/C20H35N5O3/c1-16(18-22-17(2)23-28-18)24-10-12-25(13-11-24)19(26)21-15-20(9-14-27-3)7-5-4-6-8-20/h16H,4-15H2,1-3H3,(H,21,26). The minimum absolute atomic E-state index is 0.0586. The summed E-state index contributed by atoms with van der Waals surface area (Å²) < 4.78 is 10.6. The number of carbonyl (C=O) groups excluding carboxylic acids is 1. The average Bonchev–Trinajstić information content (AvgIpc) is 3.17. The van der Waals surface area contributed by atoms with Gasteiger partial charge in [-0.25, -0.2) is 4.79 Å². The summed E-state index contributed by atoms with van der Waals surface area (Å²) in [6.07, 6.45) is 7.22. The van der Waals surface area contributed by atoms with Gasteiger partial charge in [-0.15, -0.1) is 0 Å². The zero-order chi connectivity index (χ0) is 20.0. The van der Waals surface area contributed by atoms with Crippen LogP contribution < -0.4 is 5.32 Å². The predicted molar refractivity (Wildman–Crippen MR) is 106 cm³/mol. The average molecular weight is 394 g/mol. The van der Waals surface area contributed by atoms with Crippen molar-refractivity contribution >= 4 is 6.03 Å². The molecule has 3 rings (SSSR count). The van der Waals surface area contributed by atoms with Crippen LogP contribution in [0.3, 0.4) is 0 Å². The van der Waals surface area contributed by atoms with E-state index in [-0.39, 0.29) is 17.5 Å². The zero-order valence-corrected chi connectivity index (χ0v) is 17.6. The first-order valence-corrected chi connectivity index (χ1v) is 10.6. The molecule has 8 nitrogen and oxygen atoms in total. The molecule has 1 N–H and O–H groups in total. The Kier molecular flexibility index (Phi) is 7.29. The molecule has 28 heavy (non-hydrogen) atoms. The van der Waals surface area contributed by atoms with E-state index in [4.69, 9.17) is 9.26 Å². The maximum absolute atomic E-state index is 12.7. The van der Waals surface area contributed by atoms with E-state index in [2.05, 4.69) is 27.3 Å². The molecule has 158 valence electrons. The molecule has 1 aromatic heterocycles. The molecule has 2 heterocycles. The number of ether oxygens (including phenoxy) is 1. The van der Waals surface area contributed by atoms with Crippen LogP contribution in [0, 0.1) is 12.3 Å². The summed E-state index contributed by atoms with van der Waals surface area (Å²) in [4.78, 5) is 21.3. The SMILES string of the molecule is COCCC1(CNC(=O)N2CCN(C(C)c3nc(C)no3)CC2)CCCCC1. The minimum Gasteiger partial charge on any atom is -0.385 e. The molecular weight excluding hydrogens is 358 g/mol. The van der Waals surface area contributed by atoms with Crippen LogP contribution >= 0.6 is 0 Å². The molecule has 8 heteroatoms. The maximum atomic E-state index is 12.7. The molecule has 1 aromatic rings. The summed E-state index contributed by atoms with van der Waals surface area (Å²) in [7, 11) is 1.76. The van der Waals surface area contributed by atoms with E-state index in [1.54, 1.807) is 7.11 Å². The van der Waals surface area contributed by atoms with Gasteiger partial charge in [0.15, 0.2) is 5.82 Å². The number of urea groups is 1. The molecule has 0 radical (unpaired) electrons. The third-order valence-corrected chi connectivity index (χ3v) is 6.42. The van der Waals surface area contributed by atoms with E-state index in [1.165, 1.54) is 32.1 Å². The highest BCUT2D eigenvalue weighted by molar-refractivity contribution is 5.74. The number of methoxy groups -OCH3 is 1. The van der Waals surface area contributed by atoms with Gasteiger partial charge in [0.2, 0.25) is 5.89 Å². The van der Waals surface area contributed by atoms with E-state index >= 15 is 0 Å². The van der Waals surface area contributed by atoms with Crippen molar-refractivity contribution in [2.75, 3.05) is 46.4 Å². The Morgan fingerprint density at radius 1 is 1.25 bits per heavy atom. The number of hydrogen-bond acceptors (Lipinski definition) is 6. The van der Waals surface area contributed by atoms with E-state index in [9.17, 15) is 4.79 Å². The van der Waals surface area contributed by atoms with Crippen LogP contribution in [0.1, 0.15) is 63.2 Å².